The van der Waals surface area contributed by atoms with Gasteiger partial charge < -0.3 is 14.8 Å². The Balaban J connectivity index is 1.83. The Morgan fingerprint density at radius 2 is 1.81 bits per heavy atom. The number of nitrogens with one attached hydrogen (secondary N) is 2. The molecule has 0 radical (unpaired) electrons. The van der Waals surface area contributed by atoms with Crippen molar-refractivity contribution in [3.63, 3.8) is 0 Å². The van der Waals surface area contributed by atoms with Gasteiger partial charge in [-0.3, -0.25) is 10.1 Å². The van der Waals surface area contributed by atoms with Crippen LogP contribution in [0.15, 0.2) is 42.5 Å². The van der Waals surface area contributed by atoms with E-state index in [-0.39, 0.29) is 11.7 Å². The summed E-state index contributed by atoms with van der Waals surface area (Å²) in [5.74, 6) is -0.561. The fourth-order valence-corrected chi connectivity index (χ4v) is 2.56. The number of hydrogen-bond donors (Lipinski definition) is 2. The van der Waals surface area contributed by atoms with Gasteiger partial charge in [-0.1, -0.05) is 23.2 Å². The molecule has 9 heteroatoms. The van der Waals surface area contributed by atoms with E-state index < -0.39 is 11.9 Å². The van der Waals surface area contributed by atoms with E-state index in [2.05, 4.69) is 15.4 Å². The summed E-state index contributed by atoms with van der Waals surface area (Å²) >= 11 is 16.8. The van der Waals surface area contributed by atoms with Crippen molar-refractivity contribution < 1.29 is 19.1 Å². The molecule has 2 rings (SSSR count). The quantitative estimate of drug-likeness (QED) is 0.576. The maximum atomic E-state index is 11.9. The molecule has 0 aromatic heterocycles. The molecule has 136 valence electrons. The molecule has 0 aliphatic rings. The standard InChI is InChI=1S/C17H14Cl2N2O4S/c1-24-16(23)10-2-5-12(6-3-10)20-17(26)21-15(22)9-25-14-7-4-11(18)8-13(14)19/h2-8H,9H2,1H3,(H2,20,21,22,26). The van der Waals surface area contributed by atoms with Crippen LogP contribution in [0, 0.1) is 0 Å². The van der Waals surface area contributed by atoms with E-state index in [0.717, 1.165) is 0 Å². The van der Waals surface area contributed by atoms with Gasteiger partial charge in [0.25, 0.3) is 5.91 Å². The molecule has 0 bridgehead atoms. The van der Waals surface area contributed by atoms with E-state index in [1.165, 1.54) is 13.2 Å². The molecule has 2 N–H and O–H groups in total. The second-order valence-electron chi connectivity index (χ2n) is 4.93. The van der Waals surface area contributed by atoms with Crippen molar-refractivity contribution in [1.29, 1.82) is 0 Å². The fraction of sp³-hybridized carbons (Fsp3) is 0.118. The molecular weight excluding hydrogens is 399 g/mol. The lowest BCUT2D eigenvalue weighted by atomic mass is 10.2. The van der Waals surface area contributed by atoms with Gasteiger partial charge in [-0.05, 0) is 54.7 Å². The molecule has 0 unspecified atom stereocenters. The fourth-order valence-electron chi connectivity index (χ4n) is 1.87. The summed E-state index contributed by atoms with van der Waals surface area (Å²) in [7, 11) is 1.30. The molecule has 0 fully saturated rings. The molecule has 1 amide bonds. The lowest BCUT2D eigenvalue weighted by Crippen LogP contribution is -2.37. The van der Waals surface area contributed by atoms with Crippen LogP contribution in [0.1, 0.15) is 10.4 Å². The molecule has 0 saturated heterocycles. The first-order chi connectivity index (χ1) is 12.4. The van der Waals surface area contributed by atoms with Crippen molar-refractivity contribution in [3.8, 4) is 5.75 Å². The number of ether oxygens (including phenoxy) is 2. The summed E-state index contributed by atoms with van der Waals surface area (Å²) in [6, 6.07) is 11.1. The summed E-state index contributed by atoms with van der Waals surface area (Å²) in [5.41, 5.74) is 1.01. The Bertz CT molecular complexity index is 828. The van der Waals surface area contributed by atoms with Gasteiger partial charge in [0.1, 0.15) is 5.75 Å². The molecule has 6 nitrogen and oxygen atoms in total. The van der Waals surface area contributed by atoms with Crippen molar-refractivity contribution in [1.82, 2.24) is 5.32 Å². The van der Waals surface area contributed by atoms with Crippen LogP contribution in [0.5, 0.6) is 5.75 Å². The topological polar surface area (TPSA) is 76.7 Å². The van der Waals surface area contributed by atoms with Crippen LogP contribution >= 0.6 is 35.4 Å². The van der Waals surface area contributed by atoms with Crippen molar-refractivity contribution in [3.05, 3.63) is 58.1 Å². The highest BCUT2D eigenvalue weighted by Gasteiger charge is 2.09. The lowest BCUT2D eigenvalue weighted by molar-refractivity contribution is -0.121. The van der Waals surface area contributed by atoms with Gasteiger partial charge in [-0.2, -0.15) is 0 Å². The molecule has 0 atom stereocenters. The summed E-state index contributed by atoms with van der Waals surface area (Å²) < 4.78 is 9.93. The number of anilines is 1. The van der Waals surface area contributed by atoms with Gasteiger partial charge in [-0.15, -0.1) is 0 Å². The lowest BCUT2D eigenvalue weighted by Gasteiger charge is -2.11. The normalized spacial score (nSPS) is 9.96. The maximum Gasteiger partial charge on any atom is 0.337 e. The smallest absolute Gasteiger partial charge is 0.337 e. The molecule has 2 aromatic carbocycles. The summed E-state index contributed by atoms with van der Waals surface area (Å²) in [6.45, 7) is -0.273. The summed E-state index contributed by atoms with van der Waals surface area (Å²) in [6.07, 6.45) is 0. The Labute approximate surface area is 165 Å². The molecule has 0 spiro atoms. The van der Waals surface area contributed by atoms with Crippen LogP contribution in [-0.4, -0.2) is 30.7 Å². The van der Waals surface area contributed by atoms with E-state index in [1.54, 1.807) is 36.4 Å². The average Bonchev–Trinajstić information content (AvgIpc) is 2.60. The van der Waals surface area contributed by atoms with E-state index in [1.807, 2.05) is 0 Å². The number of halogens is 2. The SMILES string of the molecule is COC(=O)c1ccc(NC(=S)NC(=O)COc2ccc(Cl)cc2Cl)cc1. The predicted octanol–water partition coefficient (Wildman–Crippen LogP) is 3.67. The van der Waals surface area contributed by atoms with Crippen LogP contribution in [-0.2, 0) is 9.53 Å². The number of benzene rings is 2. The molecule has 2 aromatic rings. The number of amides is 1. The van der Waals surface area contributed by atoms with Crippen molar-refractivity contribution in [2.24, 2.45) is 0 Å². The molecule has 26 heavy (non-hydrogen) atoms. The third kappa shape index (κ3) is 5.87. The molecular formula is C17H14Cl2N2O4S. The molecule has 0 aliphatic heterocycles. The summed E-state index contributed by atoms with van der Waals surface area (Å²) in [4.78, 5) is 23.3. The number of carbonyl (C=O) groups excluding carboxylic acids is 2. The predicted molar refractivity (Wildman–Crippen MR) is 104 cm³/mol. The Morgan fingerprint density at radius 1 is 1.12 bits per heavy atom. The Morgan fingerprint density at radius 3 is 2.42 bits per heavy atom. The highest BCUT2D eigenvalue weighted by atomic mass is 35.5. The Kier molecular flexibility index (Phi) is 7.20. The average molecular weight is 413 g/mol. The van der Waals surface area contributed by atoms with E-state index >= 15 is 0 Å². The zero-order valence-corrected chi connectivity index (χ0v) is 15.9. The third-order valence-corrected chi connectivity index (χ3v) is 3.80. The number of esters is 1. The van der Waals surface area contributed by atoms with Gasteiger partial charge in [0.05, 0.1) is 17.7 Å². The summed E-state index contributed by atoms with van der Waals surface area (Å²) in [5, 5.41) is 6.16. The molecule has 0 saturated carbocycles. The van der Waals surface area contributed by atoms with Crippen LogP contribution < -0.4 is 15.4 Å². The number of hydrogen-bond acceptors (Lipinski definition) is 5. The van der Waals surface area contributed by atoms with Crippen LogP contribution in [0.3, 0.4) is 0 Å². The maximum absolute atomic E-state index is 11.9. The monoisotopic (exact) mass is 412 g/mol. The van der Waals surface area contributed by atoms with E-state index in [9.17, 15) is 9.59 Å². The minimum atomic E-state index is -0.459. The minimum Gasteiger partial charge on any atom is -0.482 e. The first kappa shape index (κ1) is 20.0. The Hall–Kier alpha value is -2.35. The first-order valence-corrected chi connectivity index (χ1v) is 8.42. The third-order valence-electron chi connectivity index (χ3n) is 3.07. The molecule has 0 heterocycles. The van der Waals surface area contributed by atoms with Crippen LogP contribution in [0.4, 0.5) is 5.69 Å². The highest BCUT2D eigenvalue weighted by molar-refractivity contribution is 7.80. The van der Waals surface area contributed by atoms with Gasteiger partial charge in [0, 0.05) is 10.7 Å². The number of thiocarbonyl (C=S) groups is 1. The van der Waals surface area contributed by atoms with Crippen molar-refractivity contribution in [2.75, 3.05) is 19.0 Å². The molecule has 0 aliphatic carbocycles. The zero-order chi connectivity index (χ0) is 19.1. The number of methoxy groups -OCH3 is 1. The number of rotatable bonds is 5. The van der Waals surface area contributed by atoms with Gasteiger partial charge >= 0.3 is 5.97 Å². The zero-order valence-electron chi connectivity index (χ0n) is 13.5. The minimum absolute atomic E-state index is 0.0895. The van der Waals surface area contributed by atoms with Gasteiger partial charge in [-0.25, -0.2) is 4.79 Å². The largest absolute Gasteiger partial charge is 0.482 e. The van der Waals surface area contributed by atoms with Crippen LogP contribution in [0.25, 0.3) is 0 Å². The van der Waals surface area contributed by atoms with E-state index in [4.69, 9.17) is 40.2 Å². The van der Waals surface area contributed by atoms with E-state index in [0.29, 0.717) is 27.0 Å². The van der Waals surface area contributed by atoms with Crippen LogP contribution in [0.2, 0.25) is 10.0 Å². The van der Waals surface area contributed by atoms with Crippen molar-refractivity contribution >= 4 is 58.1 Å². The first-order valence-electron chi connectivity index (χ1n) is 7.26. The van der Waals surface area contributed by atoms with Gasteiger partial charge in [0.2, 0.25) is 0 Å². The van der Waals surface area contributed by atoms with Gasteiger partial charge in [0.15, 0.2) is 11.7 Å². The number of carbonyl (C=O) groups is 2. The second-order valence-corrected chi connectivity index (χ2v) is 6.19. The highest BCUT2D eigenvalue weighted by Crippen LogP contribution is 2.27. The second kappa shape index (κ2) is 9.38. The van der Waals surface area contributed by atoms with Crippen molar-refractivity contribution in [2.45, 2.75) is 0 Å².